The van der Waals surface area contributed by atoms with E-state index < -0.39 is 6.61 Å². The van der Waals surface area contributed by atoms with Gasteiger partial charge in [-0.25, -0.2) is 0 Å². The van der Waals surface area contributed by atoms with Crippen LogP contribution >= 0.6 is 12.4 Å². The van der Waals surface area contributed by atoms with Gasteiger partial charge in [0.1, 0.15) is 0 Å². The summed E-state index contributed by atoms with van der Waals surface area (Å²) < 4.78 is 34.2. The zero-order chi connectivity index (χ0) is 16.8. The monoisotopic (exact) mass is 364 g/mol. The van der Waals surface area contributed by atoms with Gasteiger partial charge in [-0.2, -0.15) is 8.78 Å². The van der Waals surface area contributed by atoms with Crippen molar-refractivity contribution in [3.63, 3.8) is 0 Å². The second-order valence-corrected chi connectivity index (χ2v) is 5.61. The van der Waals surface area contributed by atoms with Crippen LogP contribution in [0.5, 0.6) is 11.5 Å². The second kappa shape index (κ2) is 9.64. The topological polar surface area (TPSA) is 73.6 Å². The first-order valence-corrected chi connectivity index (χ1v) is 7.64. The van der Waals surface area contributed by atoms with Crippen molar-refractivity contribution < 1.29 is 23.0 Å². The molecule has 0 radical (unpaired) electrons. The van der Waals surface area contributed by atoms with Crippen LogP contribution in [0, 0.1) is 11.8 Å². The van der Waals surface area contributed by atoms with E-state index in [1.165, 1.54) is 19.2 Å². The fourth-order valence-electron chi connectivity index (χ4n) is 3.00. The van der Waals surface area contributed by atoms with E-state index in [-0.39, 0.29) is 48.2 Å². The molecule has 0 heterocycles. The van der Waals surface area contributed by atoms with Crippen LogP contribution in [-0.2, 0) is 11.3 Å². The number of rotatable bonds is 7. The maximum atomic E-state index is 12.4. The Balaban J connectivity index is 0.00000288. The molecule has 0 spiro atoms. The highest BCUT2D eigenvalue weighted by Gasteiger charge is 2.31. The van der Waals surface area contributed by atoms with Crippen molar-refractivity contribution in [2.75, 3.05) is 13.7 Å². The van der Waals surface area contributed by atoms with E-state index in [4.69, 9.17) is 10.5 Å². The number of carbonyl (C=O) groups is 1. The van der Waals surface area contributed by atoms with Crippen molar-refractivity contribution in [2.45, 2.75) is 32.4 Å². The second-order valence-electron chi connectivity index (χ2n) is 5.61. The van der Waals surface area contributed by atoms with E-state index >= 15 is 0 Å². The van der Waals surface area contributed by atoms with Crippen LogP contribution in [-0.4, -0.2) is 26.2 Å². The number of alkyl halides is 2. The van der Waals surface area contributed by atoms with Gasteiger partial charge in [-0.1, -0.05) is 12.5 Å². The molecule has 2 atom stereocenters. The highest BCUT2D eigenvalue weighted by molar-refractivity contribution is 5.85. The molecular weight excluding hydrogens is 342 g/mol. The molecule has 1 saturated carbocycles. The fraction of sp³-hybridized carbons (Fsp3) is 0.562. The lowest BCUT2D eigenvalue weighted by Crippen LogP contribution is -2.34. The zero-order valence-corrected chi connectivity index (χ0v) is 14.3. The summed E-state index contributed by atoms with van der Waals surface area (Å²) in [5.74, 6) is 0.304. The number of hydrogen-bond acceptors (Lipinski definition) is 4. The highest BCUT2D eigenvalue weighted by Crippen LogP contribution is 2.32. The molecule has 24 heavy (non-hydrogen) atoms. The first-order valence-electron chi connectivity index (χ1n) is 7.64. The zero-order valence-electron chi connectivity index (χ0n) is 13.5. The van der Waals surface area contributed by atoms with Crippen molar-refractivity contribution in [2.24, 2.45) is 17.6 Å². The van der Waals surface area contributed by atoms with Crippen LogP contribution in [0.15, 0.2) is 18.2 Å². The molecule has 0 aliphatic heterocycles. The predicted molar refractivity (Wildman–Crippen MR) is 88.6 cm³/mol. The van der Waals surface area contributed by atoms with E-state index in [0.29, 0.717) is 12.1 Å². The third-order valence-corrected chi connectivity index (χ3v) is 4.21. The Morgan fingerprint density at radius 1 is 1.38 bits per heavy atom. The number of nitrogens with two attached hydrogens (primary N) is 1. The summed E-state index contributed by atoms with van der Waals surface area (Å²) in [6.07, 6.45) is 2.83. The van der Waals surface area contributed by atoms with Crippen LogP contribution in [0.2, 0.25) is 0 Å². The SMILES string of the molecule is COc1ccc(CNC(=O)[C@@H]2CCC[C@@H]2CN)cc1OC(F)F.Cl. The van der Waals surface area contributed by atoms with E-state index in [9.17, 15) is 13.6 Å². The molecule has 8 heteroatoms. The lowest BCUT2D eigenvalue weighted by Gasteiger charge is -2.18. The third-order valence-electron chi connectivity index (χ3n) is 4.21. The number of methoxy groups -OCH3 is 1. The Morgan fingerprint density at radius 3 is 2.75 bits per heavy atom. The van der Waals surface area contributed by atoms with Crippen LogP contribution in [0.4, 0.5) is 8.78 Å². The van der Waals surface area contributed by atoms with E-state index in [1.807, 2.05) is 0 Å². The summed E-state index contributed by atoms with van der Waals surface area (Å²) in [6.45, 7) is -2.18. The molecule has 1 aromatic carbocycles. The Labute approximate surface area is 146 Å². The standard InChI is InChI=1S/C16H22F2N2O3.ClH/c1-22-13-6-5-10(7-14(13)23-16(17)18)9-20-15(21)12-4-2-3-11(12)8-19;/h5-7,11-12,16H,2-4,8-9,19H2,1H3,(H,20,21);1H/t11-,12-;/m1./s1. The maximum Gasteiger partial charge on any atom is 0.387 e. The molecule has 1 aliphatic carbocycles. The average molecular weight is 365 g/mol. The van der Waals surface area contributed by atoms with Gasteiger partial charge in [0.25, 0.3) is 0 Å². The first-order chi connectivity index (χ1) is 11.0. The van der Waals surface area contributed by atoms with Gasteiger partial charge in [-0.3, -0.25) is 4.79 Å². The molecule has 0 unspecified atom stereocenters. The normalized spacial score (nSPS) is 19.7. The van der Waals surface area contributed by atoms with Gasteiger partial charge in [0.05, 0.1) is 7.11 Å². The van der Waals surface area contributed by atoms with Crippen molar-refractivity contribution in [3.8, 4) is 11.5 Å². The molecule has 1 aromatic rings. The molecule has 5 nitrogen and oxygen atoms in total. The van der Waals surface area contributed by atoms with Crippen molar-refractivity contribution in [3.05, 3.63) is 23.8 Å². The van der Waals surface area contributed by atoms with Crippen LogP contribution in [0.3, 0.4) is 0 Å². The van der Waals surface area contributed by atoms with Gasteiger partial charge in [0, 0.05) is 12.5 Å². The van der Waals surface area contributed by atoms with E-state index in [0.717, 1.165) is 19.3 Å². The minimum absolute atomic E-state index is 0. The summed E-state index contributed by atoms with van der Waals surface area (Å²) in [5.41, 5.74) is 6.35. The molecular formula is C16H23ClF2N2O3. The minimum atomic E-state index is -2.93. The fourth-order valence-corrected chi connectivity index (χ4v) is 3.00. The molecule has 0 aromatic heterocycles. The minimum Gasteiger partial charge on any atom is -0.493 e. The quantitative estimate of drug-likeness (QED) is 0.780. The van der Waals surface area contributed by atoms with Gasteiger partial charge in [-0.15, -0.1) is 12.4 Å². The summed E-state index contributed by atoms with van der Waals surface area (Å²) in [5, 5.41) is 2.84. The van der Waals surface area contributed by atoms with Crippen LogP contribution < -0.4 is 20.5 Å². The molecule has 136 valence electrons. The Hall–Kier alpha value is -1.60. The summed E-state index contributed by atoms with van der Waals surface area (Å²) >= 11 is 0. The summed E-state index contributed by atoms with van der Waals surface area (Å²) in [7, 11) is 1.38. The Morgan fingerprint density at radius 2 is 2.12 bits per heavy atom. The summed E-state index contributed by atoms with van der Waals surface area (Å²) in [6, 6.07) is 4.68. The predicted octanol–water partition coefficient (Wildman–Crippen LogP) is 2.71. The highest BCUT2D eigenvalue weighted by atomic mass is 35.5. The lowest BCUT2D eigenvalue weighted by molar-refractivity contribution is -0.126. The number of halogens is 3. The smallest absolute Gasteiger partial charge is 0.387 e. The summed E-state index contributed by atoms with van der Waals surface area (Å²) in [4.78, 5) is 12.2. The molecule has 1 fully saturated rings. The van der Waals surface area contributed by atoms with Gasteiger partial charge in [0.2, 0.25) is 5.91 Å². The Kier molecular flexibility index (Phi) is 8.21. The Bertz CT molecular complexity index is 546. The van der Waals surface area contributed by atoms with Crippen LogP contribution in [0.1, 0.15) is 24.8 Å². The van der Waals surface area contributed by atoms with Crippen molar-refractivity contribution in [1.82, 2.24) is 5.32 Å². The van der Waals surface area contributed by atoms with Crippen molar-refractivity contribution in [1.29, 1.82) is 0 Å². The molecule has 0 bridgehead atoms. The molecule has 2 rings (SSSR count). The average Bonchev–Trinajstić information content (AvgIpc) is 3.01. The maximum absolute atomic E-state index is 12.4. The first kappa shape index (κ1) is 20.4. The molecule has 1 amide bonds. The number of amides is 1. The number of hydrogen-bond donors (Lipinski definition) is 2. The molecule has 3 N–H and O–H groups in total. The number of nitrogens with one attached hydrogen (secondary N) is 1. The van der Waals surface area contributed by atoms with Crippen molar-refractivity contribution >= 4 is 18.3 Å². The van der Waals surface area contributed by atoms with E-state index in [1.54, 1.807) is 6.07 Å². The largest absolute Gasteiger partial charge is 0.493 e. The lowest BCUT2D eigenvalue weighted by atomic mass is 9.95. The number of ether oxygens (including phenoxy) is 2. The third kappa shape index (κ3) is 5.21. The van der Waals surface area contributed by atoms with Gasteiger partial charge in [0.15, 0.2) is 11.5 Å². The van der Waals surface area contributed by atoms with Gasteiger partial charge >= 0.3 is 6.61 Å². The molecule has 0 saturated heterocycles. The van der Waals surface area contributed by atoms with Gasteiger partial charge < -0.3 is 20.5 Å². The van der Waals surface area contributed by atoms with E-state index in [2.05, 4.69) is 10.1 Å². The number of carbonyl (C=O) groups excluding carboxylic acids is 1. The number of benzene rings is 1. The van der Waals surface area contributed by atoms with Gasteiger partial charge in [-0.05, 0) is 43.0 Å². The molecule has 1 aliphatic rings. The van der Waals surface area contributed by atoms with Crippen LogP contribution in [0.25, 0.3) is 0 Å².